The number of fused-ring (bicyclic) bond motifs is 1. The molecule has 1 aliphatic carbocycles. The quantitative estimate of drug-likeness (QED) is 0.501. The van der Waals surface area contributed by atoms with Crippen molar-refractivity contribution in [2.75, 3.05) is 0 Å². The minimum atomic E-state index is -0.337. The average molecular weight is 205 g/mol. The maximum Gasteiger partial charge on any atom is 0.234 e. The van der Waals surface area contributed by atoms with Crippen molar-refractivity contribution in [3.8, 4) is 12.3 Å². The van der Waals surface area contributed by atoms with Crippen LogP contribution >= 0.6 is 0 Å². The Bertz CT molecular complexity index is 320. The molecule has 0 aromatic carbocycles. The van der Waals surface area contributed by atoms with Crippen molar-refractivity contribution in [1.82, 2.24) is 4.90 Å². The summed E-state index contributed by atoms with van der Waals surface area (Å²) in [5.41, 5.74) is 0. The highest BCUT2D eigenvalue weighted by Gasteiger charge is 2.51. The SMILES string of the molecule is C#CC(CC)N1C(=O)C2CCCC2C1=O. The first-order chi connectivity index (χ1) is 7.20. The second-order valence-corrected chi connectivity index (χ2v) is 4.28. The van der Waals surface area contributed by atoms with Crippen LogP contribution in [0.2, 0.25) is 0 Å². The fourth-order valence-electron chi connectivity index (χ4n) is 2.70. The highest BCUT2D eigenvalue weighted by atomic mass is 16.2. The molecule has 0 spiro atoms. The molecule has 3 atom stereocenters. The van der Waals surface area contributed by atoms with Crippen LogP contribution in [-0.4, -0.2) is 22.8 Å². The van der Waals surface area contributed by atoms with Crippen LogP contribution in [0.4, 0.5) is 0 Å². The molecule has 3 unspecified atom stereocenters. The first kappa shape index (κ1) is 10.2. The number of likely N-dealkylation sites (tertiary alicyclic amines) is 1. The van der Waals surface area contributed by atoms with Crippen molar-refractivity contribution >= 4 is 11.8 Å². The zero-order chi connectivity index (χ0) is 11.0. The minimum absolute atomic E-state index is 0.0349. The van der Waals surface area contributed by atoms with Gasteiger partial charge >= 0.3 is 0 Å². The van der Waals surface area contributed by atoms with Gasteiger partial charge in [0.2, 0.25) is 11.8 Å². The van der Waals surface area contributed by atoms with Crippen molar-refractivity contribution in [2.45, 2.75) is 38.6 Å². The van der Waals surface area contributed by atoms with E-state index in [-0.39, 0.29) is 29.7 Å². The number of amides is 2. The van der Waals surface area contributed by atoms with Gasteiger partial charge in [0.25, 0.3) is 0 Å². The predicted molar refractivity (Wildman–Crippen MR) is 55.6 cm³/mol. The lowest BCUT2D eigenvalue weighted by Crippen LogP contribution is -2.39. The summed E-state index contributed by atoms with van der Waals surface area (Å²) in [6.45, 7) is 1.90. The molecule has 1 aliphatic heterocycles. The predicted octanol–water partition coefficient (Wildman–Crippen LogP) is 1.18. The number of hydrogen-bond donors (Lipinski definition) is 0. The second kappa shape index (κ2) is 3.69. The molecule has 1 saturated heterocycles. The van der Waals surface area contributed by atoms with Gasteiger partial charge in [0.05, 0.1) is 11.8 Å². The van der Waals surface area contributed by atoms with Gasteiger partial charge in [-0.05, 0) is 19.3 Å². The zero-order valence-corrected chi connectivity index (χ0v) is 8.90. The van der Waals surface area contributed by atoms with Crippen LogP contribution in [0, 0.1) is 24.2 Å². The fourth-order valence-corrected chi connectivity index (χ4v) is 2.70. The van der Waals surface area contributed by atoms with Crippen LogP contribution in [0.1, 0.15) is 32.6 Å². The minimum Gasteiger partial charge on any atom is -0.274 e. The van der Waals surface area contributed by atoms with E-state index in [4.69, 9.17) is 6.42 Å². The molecule has 3 heteroatoms. The summed E-state index contributed by atoms with van der Waals surface area (Å²) >= 11 is 0. The fraction of sp³-hybridized carbons (Fsp3) is 0.667. The van der Waals surface area contributed by atoms with E-state index in [1.807, 2.05) is 6.92 Å². The number of carbonyl (C=O) groups is 2. The molecule has 0 aromatic rings. The molecule has 1 saturated carbocycles. The van der Waals surface area contributed by atoms with E-state index in [0.717, 1.165) is 19.3 Å². The lowest BCUT2D eigenvalue weighted by atomic mass is 10.00. The van der Waals surface area contributed by atoms with Gasteiger partial charge in [0.15, 0.2) is 0 Å². The van der Waals surface area contributed by atoms with E-state index < -0.39 is 0 Å². The van der Waals surface area contributed by atoms with E-state index in [2.05, 4.69) is 5.92 Å². The van der Waals surface area contributed by atoms with Gasteiger partial charge < -0.3 is 0 Å². The average Bonchev–Trinajstić information content (AvgIpc) is 2.79. The molecule has 0 radical (unpaired) electrons. The van der Waals surface area contributed by atoms with Crippen molar-refractivity contribution in [2.24, 2.45) is 11.8 Å². The summed E-state index contributed by atoms with van der Waals surface area (Å²) in [5, 5.41) is 0. The molecule has 0 N–H and O–H groups in total. The highest BCUT2D eigenvalue weighted by Crippen LogP contribution is 2.40. The Morgan fingerprint density at radius 3 is 2.33 bits per heavy atom. The molecule has 0 aromatic heterocycles. The van der Waals surface area contributed by atoms with E-state index in [9.17, 15) is 9.59 Å². The zero-order valence-electron chi connectivity index (χ0n) is 8.90. The normalized spacial score (nSPS) is 31.6. The molecular formula is C12H15NO2. The van der Waals surface area contributed by atoms with Gasteiger partial charge in [0.1, 0.15) is 6.04 Å². The first-order valence-corrected chi connectivity index (χ1v) is 5.53. The Labute approximate surface area is 89.8 Å². The summed E-state index contributed by atoms with van der Waals surface area (Å²) in [4.78, 5) is 25.3. The lowest BCUT2D eigenvalue weighted by Gasteiger charge is -2.21. The van der Waals surface area contributed by atoms with Gasteiger partial charge in [-0.15, -0.1) is 6.42 Å². The topological polar surface area (TPSA) is 37.4 Å². The van der Waals surface area contributed by atoms with Crippen LogP contribution in [0.3, 0.4) is 0 Å². The van der Waals surface area contributed by atoms with Gasteiger partial charge in [-0.2, -0.15) is 0 Å². The Morgan fingerprint density at radius 2 is 1.93 bits per heavy atom. The third-order valence-corrected chi connectivity index (χ3v) is 3.52. The maximum atomic E-state index is 12.0. The molecule has 0 bridgehead atoms. The molecule has 2 fully saturated rings. The van der Waals surface area contributed by atoms with Crippen molar-refractivity contribution in [3.63, 3.8) is 0 Å². The molecule has 2 rings (SSSR count). The smallest absolute Gasteiger partial charge is 0.234 e. The Balaban J connectivity index is 2.25. The third kappa shape index (κ3) is 1.36. The van der Waals surface area contributed by atoms with Crippen LogP contribution in [0.5, 0.6) is 0 Å². The summed E-state index contributed by atoms with van der Waals surface area (Å²) in [7, 11) is 0. The van der Waals surface area contributed by atoms with Crippen LogP contribution in [0.25, 0.3) is 0 Å². The molecule has 3 nitrogen and oxygen atoms in total. The summed E-state index contributed by atoms with van der Waals surface area (Å²) in [6, 6.07) is -0.337. The van der Waals surface area contributed by atoms with E-state index in [0.29, 0.717) is 6.42 Å². The summed E-state index contributed by atoms with van der Waals surface area (Å²) in [5.74, 6) is 2.32. The molecule has 80 valence electrons. The van der Waals surface area contributed by atoms with Gasteiger partial charge in [-0.25, -0.2) is 0 Å². The maximum absolute atomic E-state index is 12.0. The van der Waals surface area contributed by atoms with Crippen LogP contribution in [-0.2, 0) is 9.59 Å². The first-order valence-electron chi connectivity index (χ1n) is 5.53. The van der Waals surface area contributed by atoms with Crippen LogP contribution < -0.4 is 0 Å². The van der Waals surface area contributed by atoms with E-state index >= 15 is 0 Å². The standard InChI is InChI=1S/C12H15NO2/c1-3-8(4-2)13-11(14)9-6-5-7-10(9)12(13)15/h1,8-10H,4-7H2,2H3. The Hall–Kier alpha value is -1.30. The Kier molecular flexibility index (Phi) is 2.52. The van der Waals surface area contributed by atoms with Crippen LogP contribution in [0.15, 0.2) is 0 Å². The molecular weight excluding hydrogens is 190 g/mol. The van der Waals surface area contributed by atoms with E-state index in [1.165, 1.54) is 4.90 Å². The number of nitrogens with zero attached hydrogens (tertiary/aromatic N) is 1. The lowest BCUT2D eigenvalue weighted by molar-refractivity contribution is -0.141. The third-order valence-electron chi connectivity index (χ3n) is 3.52. The molecule has 15 heavy (non-hydrogen) atoms. The van der Waals surface area contributed by atoms with Gasteiger partial charge in [-0.1, -0.05) is 19.3 Å². The molecule has 2 amide bonds. The second-order valence-electron chi connectivity index (χ2n) is 4.28. The summed E-state index contributed by atoms with van der Waals surface area (Å²) in [6.07, 6.45) is 8.69. The number of hydrogen-bond acceptors (Lipinski definition) is 2. The largest absolute Gasteiger partial charge is 0.274 e. The monoisotopic (exact) mass is 205 g/mol. The number of terminal acetylenes is 1. The van der Waals surface area contributed by atoms with Gasteiger partial charge in [0, 0.05) is 0 Å². The summed E-state index contributed by atoms with van der Waals surface area (Å²) < 4.78 is 0. The van der Waals surface area contributed by atoms with Gasteiger partial charge in [-0.3, -0.25) is 14.5 Å². The number of rotatable bonds is 2. The molecule has 1 heterocycles. The number of carbonyl (C=O) groups excluding carboxylic acids is 2. The van der Waals surface area contributed by atoms with Crippen molar-refractivity contribution < 1.29 is 9.59 Å². The van der Waals surface area contributed by atoms with E-state index in [1.54, 1.807) is 0 Å². The van der Waals surface area contributed by atoms with Crippen molar-refractivity contribution in [1.29, 1.82) is 0 Å². The number of imide groups is 1. The van der Waals surface area contributed by atoms with Crippen molar-refractivity contribution in [3.05, 3.63) is 0 Å². The molecule has 2 aliphatic rings. The highest BCUT2D eigenvalue weighted by molar-refractivity contribution is 6.06. The Morgan fingerprint density at radius 1 is 1.40 bits per heavy atom.